The maximum Gasteiger partial charge on any atom is 0.367 e. The Kier molecular flexibility index (Phi) is 3.95. The Balaban J connectivity index is 1.77. The molecule has 0 aliphatic heterocycles. The summed E-state index contributed by atoms with van der Waals surface area (Å²) in [5.74, 6) is 2.28. The molecule has 0 radical (unpaired) electrons. The molecule has 3 heteroatoms. The van der Waals surface area contributed by atoms with Gasteiger partial charge in [-0.15, -0.1) is 0 Å². The highest BCUT2D eigenvalue weighted by atomic mass is 32.2. The van der Waals surface area contributed by atoms with Crippen LogP contribution in [0.25, 0.3) is 0 Å². The van der Waals surface area contributed by atoms with E-state index in [1.54, 1.807) is 6.26 Å². The number of carbonyl (C=O) groups is 1. The third-order valence-corrected chi connectivity index (χ3v) is 4.39. The lowest BCUT2D eigenvalue weighted by Crippen LogP contribution is -2.02. The van der Waals surface area contributed by atoms with E-state index >= 15 is 0 Å². The topological polar surface area (TPSA) is 26.3 Å². The molecule has 0 amide bonds. The van der Waals surface area contributed by atoms with Crippen molar-refractivity contribution >= 4 is 17.1 Å². The lowest BCUT2D eigenvalue weighted by molar-refractivity contribution is 0.165. The zero-order chi connectivity index (χ0) is 11.5. The van der Waals surface area contributed by atoms with Crippen LogP contribution in [0, 0.1) is 17.8 Å². The lowest BCUT2D eigenvalue weighted by atomic mass is 10.0. The summed E-state index contributed by atoms with van der Waals surface area (Å²) < 4.78 is 5.22. The zero-order valence-corrected chi connectivity index (χ0v) is 10.9. The molecule has 3 unspecified atom stereocenters. The molecule has 2 nitrogen and oxygen atoms in total. The van der Waals surface area contributed by atoms with E-state index in [1.165, 1.54) is 43.0 Å². The Morgan fingerprint density at radius 3 is 3.00 bits per heavy atom. The summed E-state index contributed by atoms with van der Waals surface area (Å²) in [5, 5.41) is -0.131. The molecule has 0 aromatic heterocycles. The van der Waals surface area contributed by atoms with Crippen molar-refractivity contribution in [3.8, 4) is 0 Å². The van der Waals surface area contributed by atoms with E-state index in [0.29, 0.717) is 12.5 Å². The van der Waals surface area contributed by atoms with Gasteiger partial charge in [0.1, 0.15) is 0 Å². The number of allylic oxidation sites excluding steroid dienone is 2. The molecule has 2 aliphatic carbocycles. The van der Waals surface area contributed by atoms with Crippen molar-refractivity contribution in [1.29, 1.82) is 0 Å². The van der Waals surface area contributed by atoms with Crippen molar-refractivity contribution in [2.45, 2.75) is 32.6 Å². The highest BCUT2D eigenvalue weighted by molar-refractivity contribution is 8.12. The first-order valence-electron chi connectivity index (χ1n) is 6.08. The summed E-state index contributed by atoms with van der Waals surface area (Å²) in [6.45, 7) is 2.87. The predicted octanol–water partition coefficient (Wildman–Crippen LogP) is 3.87. The first-order chi connectivity index (χ1) is 7.72. The first-order valence-corrected chi connectivity index (χ1v) is 7.31. The van der Waals surface area contributed by atoms with Crippen LogP contribution in [-0.4, -0.2) is 18.2 Å². The standard InChI is InChI=1S/C13H20O2S/c1-9-4-3-5-10-11(7-6-9)12(10)8-15-13(14)16-2/h4,10-12H,3,5-8H2,1-2H3. The molecule has 0 bridgehead atoms. The van der Waals surface area contributed by atoms with Gasteiger partial charge < -0.3 is 4.74 Å². The van der Waals surface area contributed by atoms with E-state index in [-0.39, 0.29) is 5.30 Å². The highest BCUT2D eigenvalue weighted by Gasteiger charge is 2.49. The summed E-state index contributed by atoms with van der Waals surface area (Å²) in [4.78, 5) is 11.1. The van der Waals surface area contributed by atoms with Gasteiger partial charge >= 0.3 is 5.30 Å². The van der Waals surface area contributed by atoms with E-state index in [2.05, 4.69) is 13.0 Å². The molecular weight excluding hydrogens is 220 g/mol. The number of hydrogen-bond acceptors (Lipinski definition) is 3. The number of ether oxygens (including phenoxy) is 1. The van der Waals surface area contributed by atoms with Gasteiger partial charge in [0.25, 0.3) is 0 Å². The Bertz CT molecular complexity index is 298. The lowest BCUT2D eigenvalue weighted by Gasteiger charge is -2.05. The number of rotatable bonds is 2. The van der Waals surface area contributed by atoms with Crippen molar-refractivity contribution in [2.75, 3.05) is 12.9 Å². The van der Waals surface area contributed by atoms with Crippen molar-refractivity contribution in [2.24, 2.45) is 17.8 Å². The van der Waals surface area contributed by atoms with Gasteiger partial charge in [-0.1, -0.05) is 11.6 Å². The van der Waals surface area contributed by atoms with Crippen LogP contribution in [0.15, 0.2) is 11.6 Å². The van der Waals surface area contributed by atoms with E-state index in [9.17, 15) is 4.79 Å². The number of thioether (sulfide) groups is 1. The summed E-state index contributed by atoms with van der Waals surface area (Å²) in [6, 6.07) is 0. The molecular formula is C13H20O2S. The van der Waals surface area contributed by atoms with Crippen LogP contribution in [0.3, 0.4) is 0 Å². The number of hydrogen-bond donors (Lipinski definition) is 0. The van der Waals surface area contributed by atoms with E-state index in [0.717, 1.165) is 11.8 Å². The van der Waals surface area contributed by atoms with Crippen molar-refractivity contribution in [3.05, 3.63) is 11.6 Å². The molecule has 0 aromatic carbocycles. The summed E-state index contributed by atoms with van der Waals surface area (Å²) in [5.41, 5.74) is 1.53. The summed E-state index contributed by atoms with van der Waals surface area (Å²) in [7, 11) is 0. The maximum absolute atomic E-state index is 11.1. The van der Waals surface area contributed by atoms with E-state index < -0.39 is 0 Å². The van der Waals surface area contributed by atoms with Gasteiger partial charge in [-0.05, 0) is 68.4 Å². The molecule has 2 aliphatic rings. The fourth-order valence-corrected chi connectivity index (χ4v) is 3.06. The molecule has 90 valence electrons. The highest BCUT2D eigenvalue weighted by Crippen LogP contribution is 2.53. The second kappa shape index (κ2) is 5.26. The van der Waals surface area contributed by atoms with Crippen LogP contribution < -0.4 is 0 Å². The summed E-state index contributed by atoms with van der Waals surface area (Å²) >= 11 is 1.17. The summed E-state index contributed by atoms with van der Waals surface area (Å²) in [6.07, 6.45) is 9.15. The molecule has 0 aromatic rings. The van der Waals surface area contributed by atoms with Crippen LogP contribution in [0.2, 0.25) is 0 Å². The van der Waals surface area contributed by atoms with E-state index in [1.807, 2.05) is 0 Å². The molecule has 3 atom stereocenters. The van der Waals surface area contributed by atoms with Gasteiger partial charge in [-0.2, -0.15) is 0 Å². The largest absolute Gasteiger partial charge is 0.457 e. The SMILES string of the molecule is CSC(=O)OCC1C2CCC=C(C)CCC21. The predicted molar refractivity (Wildman–Crippen MR) is 67.6 cm³/mol. The van der Waals surface area contributed by atoms with Crippen LogP contribution in [-0.2, 0) is 4.74 Å². The van der Waals surface area contributed by atoms with E-state index in [4.69, 9.17) is 4.74 Å². The van der Waals surface area contributed by atoms with Gasteiger partial charge in [-0.25, -0.2) is 4.79 Å². The average Bonchev–Trinajstić information content (AvgIpc) is 2.91. The van der Waals surface area contributed by atoms with Gasteiger partial charge in [0.2, 0.25) is 0 Å². The monoisotopic (exact) mass is 240 g/mol. The van der Waals surface area contributed by atoms with Crippen LogP contribution >= 0.6 is 11.8 Å². The molecule has 2 rings (SSSR count). The minimum Gasteiger partial charge on any atom is -0.457 e. The minimum atomic E-state index is -0.131. The molecule has 0 heterocycles. The van der Waals surface area contributed by atoms with Gasteiger partial charge in [0.15, 0.2) is 0 Å². The molecule has 1 fully saturated rings. The Labute approximate surface area is 102 Å². The smallest absolute Gasteiger partial charge is 0.367 e. The Hall–Kier alpha value is -0.440. The first kappa shape index (κ1) is 12.0. The molecule has 16 heavy (non-hydrogen) atoms. The second-order valence-corrected chi connectivity index (χ2v) is 5.66. The quantitative estimate of drug-likeness (QED) is 0.541. The van der Waals surface area contributed by atoms with Crippen molar-refractivity contribution in [1.82, 2.24) is 0 Å². The molecule has 0 saturated heterocycles. The molecule has 1 saturated carbocycles. The Morgan fingerprint density at radius 2 is 2.25 bits per heavy atom. The normalized spacial score (nSPS) is 33.1. The van der Waals surface area contributed by atoms with Gasteiger partial charge in [-0.3, -0.25) is 0 Å². The van der Waals surface area contributed by atoms with Crippen LogP contribution in [0.4, 0.5) is 4.79 Å². The van der Waals surface area contributed by atoms with Crippen molar-refractivity contribution < 1.29 is 9.53 Å². The second-order valence-electron chi connectivity index (χ2n) is 4.92. The fourth-order valence-electron chi connectivity index (χ4n) is 2.87. The minimum absolute atomic E-state index is 0.131. The van der Waals surface area contributed by atoms with Gasteiger partial charge in [0, 0.05) is 0 Å². The number of fused-ring (bicyclic) bond motifs is 1. The van der Waals surface area contributed by atoms with Crippen molar-refractivity contribution in [3.63, 3.8) is 0 Å². The third-order valence-electron chi connectivity index (χ3n) is 3.93. The van der Waals surface area contributed by atoms with Crippen LogP contribution in [0.1, 0.15) is 32.6 Å². The third kappa shape index (κ3) is 2.82. The fraction of sp³-hybridized carbons (Fsp3) is 0.769. The molecule has 0 spiro atoms. The number of carbonyl (C=O) groups excluding carboxylic acids is 1. The zero-order valence-electron chi connectivity index (χ0n) is 10.1. The van der Waals surface area contributed by atoms with Gasteiger partial charge in [0.05, 0.1) is 6.61 Å². The van der Waals surface area contributed by atoms with Crippen LogP contribution in [0.5, 0.6) is 0 Å². The maximum atomic E-state index is 11.1. The molecule has 0 N–H and O–H groups in total. The average molecular weight is 240 g/mol. The Morgan fingerprint density at radius 1 is 1.50 bits per heavy atom.